The lowest BCUT2D eigenvalue weighted by Crippen LogP contribution is -2.16. The van der Waals surface area contributed by atoms with Gasteiger partial charge in [-0.2, -0.15) is 5.10 Å². The first kappa shape index (κ1) is 11.4. The van der Waals surface area contributed by atoms with Crippen molar-refractivity contribution in [3.8, 4) is 5.69 Å². The highest BCUT2D eigenvalue weighted by Gasteiger charge is 2.20. The Labute approximate surface area is 107 Å². The molecule has 0 bridgehead atoms. The molecule has 4 nitrogen and oxygen atoms in total. The zero-order valence-corrected chi connectivity index (χ0v) is 10.8. The van der Waals surface area contributed by atoms with Gasteiger partial charge in [-0.05, 0) is 44.9 Å². The van der Waals surface area contributed by atoms with Gasteiger partial charge in [-0.3, -0.25) is 4.98 Å². The lowest BCUT2D eigenvalue weighted by molar-refractivity contribution is 0.673. The third-order valence-corrected chi connectivity index (χ3v) is 3.20. The van der Waals surface area contributed by atoms with Gasteiger partial charge in [0, 0.05) is 24.5 Å². The van der Waals surface area contributed by atoms with Crippen molar-refractivity contribution < 1.29 is 0 Å². The van der Waals surface area contributed by atoms with E-state index in [-0.39, 0.29) is 0 Å². The van der Waals surface area contributed by atoms with Crippen LogP contribution in [0, 0.1) is 13.8 Å². The van der Waals surface area contributed by atoms with Crippen LogP contribution in [-0.2, 0) is 6.54 Å². The number of aryl methyl sites for hydroxylation is 2. The van der Waals surface area contributed by atoms with Crippen LogP contribution in [-0.4, -0.2) is 20.8 Å². The Morgan fingerprint density at radius 3 is 2.83 bits per heavy atom. The molecule has 0 atom stereocenters. The minimum Gasteiger partial charge on any atom is -0.308 e. The molecule has 0 saturated heterocycles. The largest absolute Gasteiger partial charge is 0.308 e. The molecular weight excluding hydrogens is 224 g/mol. The van der Waals surface area contributed by atoms with Gasteiger partial charge in [-0.25, -0.2) is 4.68 Å². The molecule has 2 heterocycles. The summed E-state index contributed by atoms with van der Waals surface area (Å²) in [5, 5.41) is 7.98. The summed E-state index contributed by atoms with van der Waals surface area (Å²) in [6.07, 6.45) is 4.46. The standard InChI is InChI=1S/C14H18N4/c1-10-7-11(2)18(17-10)14-5-6-15-13(8-14)9-16-12-3-4-12/h5-8,12,16H,3-4,9H2,1-2H3. The van der Waals surface area contributed by atoms with E-state index in [1.54, 1.807) is 0 Å². The summed E-state index contributed by atoms with van der Waals surface area (Å²) in [7, 11) is 0. The summed E-state index contributed by atoms with van der Waals surface area (Å²) in [4.78, 5) is 4.40. The van der Waals surface area contributed by atoms with Crippen molar-refractivity contribution in [2.75, 3.05) is 0 Å². The monoisotopic (exact) mass is 242 g/mol. The predicted octanol–water partition coefficient (Wildman–Crippen LogP) is 2.14. The second-order valence-corrected chi connectivity index (χ2v) is 5.00. The van der Waals surface area contributed by atoms with Gasteiger partial charge >= 0.3 is 0 Å². The number of nitrogens with one attached hydrogen (secondary N) is 1. The van der Waals surface area contributed by atoms with Crippen molar-refractivity contribution in [3.05, 3.63) is 41.5 Å². The average molecular weight is 242 g/mol. The highest BCUT2D eigenvalue weighted by atomic mass is 15.3. The third kappa shape index (κ3) is 2.43. The van der Waals surface area contributed by atoms with Gasteiger partial charge in [0.15, 0.2) is 0 Å². The van der Waals surface area contributed by atoms with Crippen molar-refractivity contribution in [2.24, 2.45) is 0 Å². The number of rotatable bonds is 4. The van der Waals surface area contributed by atoms with Crippen molar-refractivity contribution >= 4 is 0 Å². The molecule has 0 aromatic carbocycles. The van der Waals surface area contributed by atoms with Gasteiger partial charge in [0.1, 0.15) is 0 Å². The van der Waals surface area contributed by atoms with Crippen LogP contribution < -0.4 is 5.32 Å². The molecule has 0 aliphatic heterocycles. The lowest BCUT2D eigenvalue weighted by atomic mass is 10.3. The van der Waals surface area contributed by atoms with Crippen LogP contribution in [0.5, 0.6) is 0 Å². The molecule has 4 heteroatoms. The summed E-state index contributed by atoms with van der Waals surface area (Å²) in [6, 6.07) is 6.90. The summed E-state index contributed by atoms with van der Waals surface area (Å²) in [5.74, 6) is 0. The Morgan fingerprint density at radius 1 is 1.33 bits per heavy atom. The van der Waals surface area contributed by atoms with E-state index in [1.807, 2.05) is 23.9 Å². The minimum atomic E-state index is 0.712. The lowest BCUT2D eigenvalue weighted by Gasteiger charge is -2.07. The number of hydrogen-bond donors (Lipinski definition) is 1. The Balaban J connectivity index is 1.82. The van der Waals surface area contributed by atoms with E-state index < -0.39 is 0 Å². The predicted molar refractivity (Wildman–Crippen MR) is 70.7 cm³/mol. The first-order valence-electron chi connectivity index (χ1n) is 6.44. The van der Waals surface area contributed by atoms with Crippen LogP contribution in [0.25, 0.3) is 5.69 Å². The van der Waals surface area contributed by atoms with Gasteiger partial charge in [0.05, 0.1) is 17.1 Å². The normalized spacial score (nSPS) is 15.0. The summed E-state index contributed by atoms with van der Waals surface area (Å²) >= 11 is 0. The van der Waals surface area contributed by atoms with Crippen molar-refractivity contribution in [1.29, 1.82) is 0 Å². The number of pyridine rings is 1. The molecule has 1 aliphatic carbocycles. The molecule has 0 radical (unpaired) electrons. The second-order valence-electron chi connectivity index (χ2n) is 5.00. The Morgan fingerprint density at radius 2 is 2.17 bits per heavy atom. The molecule has 0 spiro atoms. The van der Waals surface area contributed by atoms with Gasteiger partial charge in [-0.1, -0.05) is 0 Å². The molecule has 1 N–H and O–H groups in total. The van der Waals surface area contributed by atoms with E-state index in [0.717, 1.165) is 29.3 Å². The Hall–Kier alpha value is -1.68. The maximum Gasteiger partial charge on any atom is 0.0682 e. The van der Waals surface area contributed by atoms with Gasteiger partial charge in [-0.15, -0.1) is 0 Å². The van der Waals surface area contributed by atoms with Gasteiger partial charge in [0.2, 0.25) is 0 Å². The Kier molecular flexibility index (Phi) is 2.88. The van der Waals surface area contributed by atoms with Crippen LogP contribution >= 0.6 is 0 Å². The van der Waals surface area contributed by atoms with Gasteiger partial charge in [0.25, 0.3) is 0 Å². The van der Waals surface area contributed by atoms with E-state index in [1.165, 1.54) is 12.8 Å². The third-order valence-electron chi connectivity index (χ3n) is 3.20. The van der Waals surface area contributed by atoms with Crippen LogP contribution in [0.1, 0.15) is 29.9 Å². The van der Waals surface area contributed by atoms with E-state index >= 15 is 0 Å². The van der Waals surface area contributed by atoms with Crippen LogP contribution in [0.2, 0.25) is 0 Å². The molecular formula is C14H18N4. The molecule has 0 unspecified atom stereocenters. The topological polar surface area (TPSA) is 42.7 Å². The molecule has 1 fully saturated rings. The first-order valence-corrected chi connectivity index (χ1v) is 6.44. The van der Waals surface area contributed by atoms with Crippen LogP contribution in [0.4, 0.5) is 0 Å². The SMILES string of the molecule is Cc1cc(C)n(-c2ccnc(CNC3CC3)c2)n1. The maximum absolute atomic E-state index is 4.50. The summed E-state index contributed by atoms with van der Waals surface area (Å²) in [6.45, 7) is 4.93. The summed E-state index contributed by atoms with van der Waals surface area (Å²) < 4.78 is 1.97. The minimum absolute atomic E-state index is 0.712. The van der Waals surface area contributed by atoms with E-state index in [9.17, 15) is 0 Å². The number of hydrogen-bond acceptors (Lipinski definition) is 3. The van der Waals surface area contributed by atoms with Gasteiger partial charge < -0.3 is 5.32 Å². The molecule has 3 rings (SSSR count). The zero-order valence-electron chi connectivity index (χ0n) is 10.8. The second kappa shape index (κ2) is 4.53. The number of aromatic nitrogens is 3. The van der Waals surface area contributed by atoms with Crippen molar-refractivity contribution in [3.63, 3.8) is 0 Å². The van der Waals surface area contributed by atoms with Crippen LogP contribution in [0.15, 0.2) is 24.4 Å². The molecule has 1 aliphatic rings. The fourth-order valence-electron chi connectivity index (χ4n) is 2.12. The highest BCUT2D eigenvalue weighted by Crippen LogP contribution is 2.19. The smallest absolute Gasteiger partial charge is 0.0682 e. The maximum atomic E-state index is 4.50. The first-order chi connectivity index (χ1) is 8.72. The van der Waals surface area contributed by atoms with E-state index in [2.05, 4.69) is 34.5 Å². The Bertz CT molecular complexity index is 555. The average Bonchev–Trinajstić information content (AvgIpc) is 3.12. The van der Waals surface area contributed by atoms with Crippen molar-refractivity contribution in [1.82, 2.24) is 20.1 Å². The fraction of sp³-hybridized carbons (Fsp3) is 0.429. The fourth-order valence-corrected chi connectivity index (χ4v) is 2.12. The van der Waals surface area contributed by atoms with E-state index in [4.69, 9.17) is 0 Å². The van der Waals surface area contributed by atoms with Crippen molar-refractivity contribution in [2.45, 2.75) is 39.3 Å². The molecule has 2 aromatic heterocycles. The molecule has 1 saturated carbocycles. The number of nitrogens with zero attached hydrogens (tertiary/aromatic N) is 3. The zero-order chi connectivity index (χ0) is 12.5. The molecule has 0 amide bonds. The molecule has 2 aromatic rings. The van der Waals surface area contributed by atoms with E-state index in [0.29, 0.717) is 6.04 Å². The summed E-state index contributed by atoms with van der Waals surface area (Å²) in [5.41, 5.74) is 4.36. The highest BCUT2D eigenvalue weighted by molar-refractivity contribution is 5.33. The molecule has 94 valence electrons. The quantitative estimate of drug-likeness (QED) is 0.893. The molecule has 18 heavy (non-hydrogen) atoms. The van der Waals surface area contributed by atoms with Crippen LogP contribution in [0.3, 0.4) is 0 Å².